The number of carbonyl (C=O) groups is 1. The first-order valence-corrected chi connectivity index (χ1v) is 5.76. The maximum atomic E-state index is 11.8. The Labute approximate surface area is 104 Å². The Morgan fingerprint density at radius 3 is 3.11 bits per heavy atom. The van der Waals surface area contributed by atoms with Crippen molar-refractivity contribution in [1.29, 1.82) is 0 Å². The first kappa shape index (κ1) is 12.2. The minimum absolute atomic E-state index is 0.233. The van der Waals surface area contributed by atoms with Gasteiger partial charge in [0.1, 0.15) is 12.2 Å². The van der Waals surface area contributed by atoms with Crippen molar-refractivity contribution in [3.63, 3.8) is 0 Å². The van der Waals surface area contributed by atoms with E-state index in [4.69, 9.17) is 0 Å². The fourth-order valence-electron chi connectivity index (χ4n) is 1.64. The van der Waals surface area contributed by atoms with Crippen molar-refractivity contribution in [2.24, 2.45) is 0 Å². The lowest BCUT2D eigenvalue weighted by Crippen LogP contribution is -2.29. The van der Waals surface area contributed by atoms with Crippen LogP contribution in [0.15, 0.2) is 12.5 Å². The molecule has 2 aromatic rings. The fourth-order valence-corrected chi connectivity index (χ4v) is 1.64. The SMILES string of the molecule is CCCn1ncnc1[C@@H](C)NC(=O)c1cn[nH]n1. The molecule has 8 heteroatoms. The van der Waals surface area contributed by atoms with E-state index in [0.29, 0.717) is 0 Å². The lowest BCUT2D eigenvalue weighted by Gasteiger charge is -2.13. The van der Waals surface area contributed by atoms with Gasteiger partial charge in [0.2, 0.25) is 0 Å². The number of hydrogen-bond donors (Lipinski definition) is 2. The molecule has 0 spiro atoms. The third-order valence-electron chi connectivity index (χ3n) is 2.46. The minimum Gasteiger partial charge on any atom is -0.341 e. The van der Waals surface area contributed by atoms with Crippen LogP contribution in [0, 0.1) is 0 Å². The molecule has 2 aromatic heterocycles. The first-order valence-electron chi connectivity index (χ1n) is 5.76. The average molecular weight is 249 g/mol. The van der Waals surface area contributed by atoms with Crippen LogP contribution in [0.3, 0.4) is 0 Å². The van der Waals surface area contributed by atoms with E-state index in [2.05, 4.69) is 37.7 Å². The van der Waals surface area contributed by atoms with Gasteiger partial charge in [-0.3, -0.25) is 4.79 Å². The maximum absolute atomic E-state index is 11.8. The van der Waals surface area contributed by atoms with E-state index in [1.54, 1.807) is 4.68 Å². The summed E-state index contributed by atoms with van der Waals surface area (Å²) in [5.74, 6) is 0.441. The van der Waals surface area contributed by atoms with Gasteiger partial charge in [0.05, 0.1) is 12.2 Å². The Morgan fingerprint density at radius 2 is 2.44 bits per heavy atom. The Balaban J connectivity index is 2.05. The van der Waals surface area contributed by atoms with Crippen molar-refractivity contribution in [2.75, 3.05) is 0 Å². The van der Waals surface area contributed by atoms with Gasteiger partial charge in [-0.1, -0.05) is 6.92 Å². The summed E-state index contributed by atoms with van der Waals surface area (Å²) in [7, 11) is 0. The van der Waals surface area contributed by atoms with Crippen LogP contribution in [-0.4, -0.2) is 36.1 Å². The molecule has 1 atom stereocenters. The molecule has 96 valence electrons. The molecule has 0 aliphatic carbocycles. The number of amides is 1. The zero-order valence-corrected chi connectivity index (χ0v) is 10.3. The van der Waals surface area contributed by atoms with Gasteiger partial charge in [-0.15, -0.1) is 0 Å². The van der Waals surface area contributed by atoms with E-state index >= 15 is 0 Å². The molecule has 0 aliphatic heterocycles. The maximum Gasteiger partial charge on any atom is 0.274 e. The molecular weight excluding hydrogens is 234 g/mol. The van der Waals surface area contributed by atoms with E-state index in [-0.39, 0.29) is 17.6 Å². The van der Waals surface area contributed by atoms with Gasteiger partial charge in [0, 0.05) is 6.54 Å². The molecule has 0 fully saturated rings. The first-order chi connectivity index (χ1) is 8.72. The summed E-state index contributed by atoms with van der Waals surface area (Å²) >= 11 is 0. The summed E-state index contributed by atoms with van der Waals surface area (Å²) in [6, 6.07) is -0.233. The zero-order chi connectivity index (χ0) is 13.0. The molecule has 2 N–H and O–H groups in total. The van der Waals surface area contributed by atoms with Crippen molar-refractivity contribution in [3.05, 3.63) is 24.0 Å². The van der Waals surface area contributed by atoms with E-state index < -0.39 is 0 Å². The molecule has 1 amide bonds. The van der Waals surface area contributed by atoms with Crippen LogP contribution in [0.4, 0.5) is 0 Å². The summed E-state index contributed by atoms with van der Waals surface area (Å²) in [5.41, 5.74) is 0.253. The van der Waals surface area contributed by atoms with Crippen molar-refractivity contribution in [2.45, 2.75) is 32.9 Å². The molecule has 0 aliphatic rings. The molecule has 0 saturated heterocycles. The highest BCUT2D eigenvalue weighted by Gasteiger charge is 2.17. The second-order valence-electron chi connectivity index (χ2n) is 3.89. The molecule has 2 heterocycles. The van der Waals surface area contributed by atoms with E-state index in [0.717, 1.165) is 18.8 Å². The Morgan fingerprint density at radius 1 is 1.61 bits per heavy atom. The average Bonchev–Trinajstić information content (AvgIpc) is 3.00. The van der Waals surface area contributed by atoms with Gasteiger partial charge in [-0.25, -0.2) is 9.67 Å². The number of aryl methyl sites for hydroxylation is 1. The number of nitrogens with zero attached hydrogens (tertiary/aromatic N) is 5. The van der Waals surface area contributed by atoms with E-state index in [9.17, 15) is 4.79 Å². The van der Waals surface area contributed by atoms with Gasteiger partial charge in [0.25, 0.3) is 5.91 Å². The van der Waals surface area contributed by atoms with Crippen LogP contribution >= 0.6 is 0 Å². The van der Waals surface area contributed by atoms with Crippen LogP contribution in [0.25, 0.3) is 0 Å². The molecule has 0 bridgehead atoms. The van der Waals surface area contributed by atoms with Crippen LogP contribution in [-0.2, 0) is 6.54 Å². The summed E-state index contributed by atoms with van der Waals surface area (Å²) in [6.07, 6.45) is 3.82. The second kappa shape index (κ2) is 5.39. The van der Waals surface area contributed by atoms with Crippen molar-refractivity contribution in [3.8, 4) is 0 Å². The molecule has 0 radical (unpaired) electrons. The van der Waals surface area contributed by atoms with Crippen LogP contribution < -0.4 is 5.32 Å². The topological polar surface area (TPSA) is 101 Å². The van der Waals surface area contributed by atoms with E-state index in [1.807, 2.05) is 6.92 Å². The van der Waals surface area contributed by atoms with Crippen molar-refractivity contribution >= 4 is 5.91 Å². The molecule has 0 aromatic carbocycles. The van der Waals surface area contributed by atoms with Crippen LogP contribution in [0.1, 0.15) is 42.6 Å². The lowest BCUT2D eigenvalue weighted by atomic mass is 10.3. The van der Waals surface area contributed by atoms with E-state index in [1.165, 1.54) is 12.5 Å². The highest BCUT2D eigenvalue weighted by atomic mass is 16.2. The monoisotopic (exact) mass is 249 g/mol. The number of nitrogens with one attached hydrogen (secondary N) is 2. The second-order valence-corrected chi connectivity index (χ2v) is 3.89. The third-order valence-corrected chi connectivity index (χ3v) is 2.46. The zero-order valence-electron chi connectivity index (χ0n) is 10.3. The summed E-state index contributed by atoms with van der Waals surface area (Å²) in [4.78, 5) is 16.0. The summed E-state index contributed by atoms with van der Waals surface area (Å²) in [5, 5.41) is 16.6. The Bertz CT molecular complexity index is 504. The van der Waals surface area contributed by atoms with Gasteiger partial charge in [-0.05, 0) is 13.3 Å². The standard InChI is InChI=1S/C10H15N7O/c1-3-4-17-9(11-6-13-17)7(2)14-10(18)8-5-12-16-15-8/h5-7H,3-4H2,1-2H3,(H,14,18)(H,12,15,16)/t7-/m1/s1. The molecule has 8 nitrogen and oxygen atoms in total. The summed E-state index contributed by atoms with van der Waals surface area (Å²) in [6.45, 7) is 4.69. The van der Waals surface area contributed by atoms with Crippen molar-refractivity contribution in [1.82, 2.24) is 35.5 Å². The quantitative estimate of drug-likeness (QED) is 0.793. The third kappa shape index (κ3) is 2.53. The molecule has 0 unspecified atom stereocenters. The number of aromatic amines is 1. The molecular formula is C10H15N7O. The fraction of sp³-hybridized carbons (Fsp3) is 0.500. The molecule has 2 rings (SSSR count). The molecule has 18 heavy (non-hydrogen) atoms. The Hall–Kier alpha value is -2.25. The number of aromatic nitrogens is 6. The molecule has 0 saturated carbocycles. The minimum atomic E-state index is -0.290. The van der Waals surface area contributed by atoms with Gasteiger partial charge in [0.15, 0.2) is 5.69 Å². The number of carbonyl (C=O) groups excluding carboxylic acids is 1. The predicted molar refractivity (Wildman–Crippen MR) is 62.6 cm³/mol. The normalized spacial score (nSPS) is 12.3. The largest absolute Gasteiger partial charge is 0.341 e. The predicted octanol–water partition coefficient (Wildman–Crippen LogP) is 0.297. The highest BCUT2D eigenvalue weighted by Crippen LogP contribution is 2.09. The lowest BCUT2D eigenvalue weighted by molar-refractivity contribution is 0.0932. The van der Waals surface area contributed by atoms with Gasteiger partial charge < -0.3 is 5.32 Å². The summed E-state index contributed by atoms with van der Waals surface area (Å²) < 4.78 is 1.79. The van der Waals surface area contributed by atoms with Gasteiger partial charge in [-0.2, -0.15) is 20.5 Å². The number of H-pyrrole nitrogens is 1. The smallest absolute Gasteiger partial charge is 0.274 e. The number of hydrogen-bond acceptors (Lipinski definition) is 5. The van der Waals surface area contributed by atoms with Crippen LogP contribution in [0.2, 0.25) is 0 Å². The van der Waals surface area contributed by atoms with Crippen molar-refractivity contribution < 1.29 is 4.79 Å². The highest BCUT2D eigenvalue weighted by molar-refractivity contribution is 5.91. The number of rotatable bonds is 5. The van der Waals surface area contributed by atoms with Gasteiger partial charge >= 0.3 is 0 Å². The Kier molecular flexibility index (Phi) is 3.66. The van der Waals surface area contributed by atoms with Crippen LogP contribution in [0.5, 0.6) is 0 Å².